The van der Waals surface area contributed by atoms with Gasteiger partial charge in [0.05, 0.1) is 18.1 Å². The monoisotopic (exact) mass is 440 g/mol. The van der Waals surface area contributed by atoms with E-state index in [1.54, 1.807) is 54.8 Å². The van der Waals surface area contributed by atoms with Gasteiger partial charge in [0.25, 0.3) is 5.91 Å². The zero-order chi connectivity index (χ0) is 22.5. The summed E-state index contributed by atoms with van der Waals surface area (Å²) in [4.78, 5) is 26.8. The standard InChI is InChI=1S/C22H21ClN4O4/c1-14-10-19(16(3)27(14)20-11-15(2)31-25-20)22(29)30-13-21(28)26(9-5-8-24)18-7-4-6-17(23)12-18/h4,6-7,10-12H,5,9,13H2,1-3H3. The third-order valence-corrected chi connectivity index (χ3v) is 4.93. The van der Waals surface area contributed by atoms with E-state index in [9.17, 15) is 9.59 Å². The van der Waals surface area contributed by atoms with Gasteiger partial charge in [0.15, 0.2) is 12.4 Å². The molecule has 8 nitrogen and oxygen atoms in total. The number of esters is 1. The summed E-state index contributed by atoms with van der Waals surface area (Å²) >= 11 is 6.02. The fraction of sp³-hybridized carbons (Fsp3) is 0.273. The molecule has 0 unspecified atom stereocenters. The molecule has 0 aliphatic rings. The van der Waals surface area contributed by atoms with Gasteiger partial charge in [-0.3, -0.25) is 9.36 Å². The minimum atomic E-state index is -0.626. The van der Waals surface area contributed by atoms with Crippen molar-refractivity contribution < 1.29 is 18.8 Å². The molecule has 0 saturated heterocycles. The number of rotatable bonds is 7. The Morgan fingerprint density at radius 2 is 2.03 bits per heavy atom. The maximum atomic E-state index is 12.7. The van der Waals surface area contributed by atoms with Crippen LogP contribution in [0.3, 0.4) is 0 Å². The summed E-state index contributed by atoms with van der Waals surface area (Å²) in [5, 5.41) is 13.3. The fourth-order valence-electron chi connectivity index (χ4n) is 3.27. The quantitative estimate of drug-likeness (QED) is 0.511. The molecule has 0 atom stereocenters. The molecule has 0 radical (unpaired) electrons. The van der Waals surface area contributed by atoms with Gasteiger partial charge in [-0.2, -0.15) is 5.26 Å². The average Bonchev–Trinajstić information content (AvgIpc) is 3.28. The molecule has 3 aromatic rings. The van der Waals surface area contributed by atoms with Crippen molar-refractivity contribution >= 4 is 29.2 Å². The van der Waals surface area contributed by atoms with Crippen molar-refractivity contribution in [3.8, 4) is 11.9 Å². The molecular weight excluding hydrogens is 420 g/mol. The van der Waals surface area contributed by atoms with Crippen LogP contribution in [0.2, 0.25) is 5.02 Å². The second-order valence-electron chi connectivity index (χ2n) is 6.93. The Kier molecular flexibility index (Phi) is 6.78. The number of aromatic nitrogens is 2. The second kappa shape index (κ2) is 9.49. The van der Waals surface area contributed by atoms with Crippen LogP contribution in [0.5, 0.6) is 0 Å². The molecule has 0 aliphatic heterocycles. The molecule has 1 amide bonds. The number of amides is 1. The van der Waals surface area contributed by atoms with Crippen LogP contribution < -0.4 is 4.90 Å². The van der Waals surface area contributed by atoms with E-state index in [0.717, 1.165) is 5.69 Å². The molecule has 0 aliphatic carbocycles. The SMILES string of the molecule is Cc1cc(-n2c(C)cc(C(=O)OCC(=O)N(CCC#N)c3cccc(Cl)c3)c2C)no1. The number of aryl methyl sites for hydroxylation is 2. The predicted molar refractivity (Wildman–Crippen MR) is 114 cm³/mol. The van der Waals surface area contributed by atoms with Crippen molar-refractivity contribution in [2.24, 2.45) is 0 Å². The molecule has 9 heteroatoms. The van der Waals surface area contributed by atoms with Gasteiger partial charge in [-0.15, -0.1) is 0 Å². The lowest BCUT2D eigenvalue weighted by Crippen LogP contribution is -2.35. The van der Waals surface area contributed by atoms with Crippen molar-refractivity contribution in [3.05, 3.63) is 64.1 Å². The lowest BCUT2D eigenvalue weighted by molar-refractivity contribution is -0.121. The minimum absolute atomic E-state index is 0.129. The molecule has 0 N–H and O–H groups in total. The normalized spacial score (nSPS) is 10.5. The van der Waals surface area contributed by atoms with Crippen LogP contribution >= 0.6 is 11.6 Å². The van der Waals surface area contributed by atoms with Gasteiger partial charge in [0.2, 0.25) is 0 Å². The van der Waals surface area contributed by atoms with Crippen molar-refractivity contribution in [2.45, 2.75) is 27.2 Å². The number of benzene rings is 1. The van der Waals surface area contributed by atoms with E-state index in [2.05, 4.69) is 5.16 Å². The van der Waals surface area contributed by atoms with Gasteiger partial charge >= 0.3 is 5.97 Å². The summed E-state index contributed by atoms with van der Waals surface area (Å²) in [6.45, 7) is 5.07. The van der Waals surface area contributed by atoms with E-state index in [1.165, 1.54) is 4.90 Å². The van der Waals surface area contributed by atoms with E-state index in [-0.39, 0.29) is 13.0 Å². The summed E-state index contributed by atoms with van der Waals surface area (Å²) in [6, 6.07) is 12.2. The number of carbonyl (C=O) groups excluding carboxylic acids is 2. The molecule has 31 heavy (non-hydrogen) atoms. The first-order chi connectivity index (χ1) is 14.8. The fourth-order valence-corrected chi connectivity index (χ4v) is 3.45. The van der Waals surface area contributed by atoms with Crippen molar-refractivity contribution in [1.29, 1.82) is 5.26 Å². The molecule has 1 aromatic carbocycles. The van der Waals surface area contributed by atoms with Crippen LogP contribution in [0.15, 0.2) is 40.9 Å². The number of hydrogen-bond acceptors (Lipinski definition) is 6. The summed E-state index contributed by atoms with van der Waals surface area (Å²) in [6.07, 6.45) is 0.129. The number of ether oxygens (including phenoxy) is 1. The van der Waals surface area contributed by atoms with Crippen molar-refractivity contribution in [2.75, 3.05) is 18.1 Å². The summed E-state index contributed by atoms with van der Waals surface area (Å²) < 4.78 is 12.2. The second-order valence-corrected chi connectivity index (χ2v) is 7.36. The molecule has 0 spiro atoms. The van der Waals surface area contributed by atoms with Gasteiger partial charge in [0.1, 0.15) is 5.76 Å². The number of anilines is 1. The van der Waals surface area contributed by atoms with Crippen LogP contribution in [0.1, 0.15) is 33.9 Å². The molecule has 0 fully saturated rings. The van der Waals surface area contributed by atoms with Crippen LogP contribution in [0.4, 0.5) is 5.69 Å². The molecular formula is C22H21ClN4O4. The average molecular weight is 441 g/mol. The smallest absolute Gasteiger partial charge is 0.340 e. The number of nitrogens with zero attached hydrogens (tertiary/aromatic N) is 4. The van der Waals surface area contributed by atoms with Gasteiger partial charge in [-0.25, -0.2) is 4.79 Å². The van der Waals surface area contributed by atoms with Crippen LogP contribution in [0, 0.1) is 32.1 Å². The van der Waals surface area contributed by atoms with Gasteiger partial charge in [0, 0.05) is 34.7 Å². The van der Waals surface area contributed by atoms with Crippen LogP contribution in [0.25, 0.3) is 5.82 Å². The molecule has 3 rings (SSSR count). The first-order valence-corrected chi connectivity index (χ1v) is 9.92. The highest BCUT2D eigenvalue weighted by molar-refractivity contribution is 6.30. The third-order valence-electron chi connectivity index (χ3n) is 4.69. The van der Waals surface area contributed by atoms with Crippen LogP contribution in [-0.4, -0.2) is 34.8 Å². The Hall–Kier alpha value is -3.57. The lowest BCUT2D eigenvalue weighted by Gasteiger charge is -2.21. The van der Waals surface area contributed by atoms with E-state index < -0.39 is 18.5 Å². The molecule has 0 saturated carbocycles. The first-order valence-electron chi connectivity index (χ1n) is 9.54. The first kappa shape index (κ1) is 22.1. The van der Waals surface area contributed by atoms with Gasteiger partial charge < -0.3 is 14.2 Å². The summed E-state index contributed by atoms with van der Waals surface area (Å²) in [5.74, 6) is 0.132. The Balaban J connectivity index is 1.75. The van der Waals surface area contributed by atoms with Gasteiger partial charge in [-0.1, -0.05) is 22.8 Å². The number of halogens is 1. The molecule has 0 bridgehead atoms. The number of hydrogen-bond donors (Lipinski definition) is 0. The Morgan fingerprint density at radius 1 is 1.26 bits per heavy atom. The Morgan fingerprint density at radius 3 is 2.68 bits per heavy atom. The highest BCUT2D eigenvalue weighted by atomic mass is 35.5. The number of carbonyl (C=O) groups is 2. The van der Waals surface area contributed by atoms with E-state index in [1.807, 2.05) is 13.0 Å². The maximum Gasteiger partial charge on any atom is 0.340 e. The lowest BCUT2D eigenvalue weighted by atomic mass is 10.2. The molecule has 2 aromatic heterocycles. The Bertz CT molecular complexity index is 1160. The van der Waals surface area contributed by atoms with Gasteiger partial charge in [-0.05, 0) is 45.0 Å². The zero-order valence-corrected chi connectivity index (χ0v) is 18.1. The predicted octanol–water partition coefficient (Wildman–Crippen LogP) is 4.15. The minimum Gasteiger partial charge on any atom is -0.452 e. The largest absolute Gasteiger partial charge is 0.452 e. The van der Waals surface area contributed by atoms with Crippen molar-refractivity contribution in [1.82, 2.24) is 9.72 Å². The molecule has 160 valence electrons. The van der Waals surface area contributed by atoms with E-state index in [0.29, 0.717) is 33.5 Å². The van der Waals surface area contributed by atoms with E-state index >= 15 is 0 Å². The van der Waals surface area contributed by atoms with Crippen LogP contribution in [-0.2, 0) is 9.53 Å². The highest BCUT2D eigenvalue weighted by Gasteiger charge is 2.22. The van der Waals surface area contributed by atoms with E-state index in [4.69, 9.17) is 26.1 Å². The summed E-state index contributed by atoms with van der Waals surface area (Å²) in [7, 11) is 0. The topological polar surface area (TPSA) is 101 Å². The number of nitriles is 1. The summed E-state index contributed by atoms with van der Waals surface area (Å²) in [5.41, 5.74) is 2.26. The highest BCUT2D eigenvalue weighted by Crippen LogP contribution is 2.22. The maximum absolute atomic E-state index is 12.7. The Labute approximate surface area is 184 Å². The third kappa shape index (κ3) is 4.95. The molecule has 2 heterocycles. The van der Waals surface area contributed by atoms with Crippen molar-refractivity contribution in [3.63, 3.8) is 0 Å². The zero-order valence-electron chi connectivity index (χ0n) is 17.4.